The van der Waals surface area contributed by atoms with Crippen LogP contribution in [0.4, 0.5) is 0 Å². The number of nitrogens with one attached hydrogen (secondary N) is 2. The average molecular weight is 410 g/mol. The van der Waals surface area contributed by atoms with Crippen LogP contribution in [0.25, 0.3) is 11.3 Å². The molecular formula is C21H22N4O5. The molecule has 9 heteroatoms. The van der Waals surface area contributed by atoms with Crippen molar-refractivity contribution < 1.29 is 23.7 Å². The first-order valence-corrected chi connectivity index (χ1v) is 8.92. The van der Waals surface area contributed by atoms with Crippen molar-refractivity contribution in [2.75, 3.05) is 28.4 Å². The molecule has 1 aromatic heterocycles. The Balaban J connectivity index is 1.71. The Morgan fingerprint density at radius 1 is 0.933 bits per heavy atom. The van der Waals surface area contributed by atoms with E-state index in [-0.39, 0.29) is 5.69 Å². The molecule has 9 nitrogen and oxygen atoms in total. The molecule has 0 fully saturated rings. The number of hydrazone groups is 1. The number of H-pyrrole nitrogens is 1. The van der Waals surface area contributed by atoms with Crippen molar-refractivity contribution in [3.05, 3.63) is 53.7 Å². The highest BCUT2D eigenvalue weighted by Crippen LogP contribution is 2.31. The zero-order valence-electron chi connectivity index (χ0n) is 17.1. The van der Waals surface area contributed by atoms with Gasteiger partial charge in [0.05, 0.1) is 40.3 Å². The number of hydrogen-bond acceptors (Lipinski definition) is 7. The Labute approximate surface area is 173 Å². The molecule has 2 aromatic carbocycles. The van der Waals surface area contributed by atoms with Crippen LogP contribution >= 0.6 is 0 Å². The Bertz CT molecular complexity index is 1060. The Kier molecular flexibility index (Phi) is 6.53. The summed E-state index contributed by atoms with van der Waals surface area (Å²) in [5, 5.41) is 10.9. The lowest BCUT2D eigenvalue weighted by Gasteiger charge is -2.08. The van der Waals surface area contributed by atoms with Gasteiger partial charge in [-0.2, -0.15) is 10.2 Å². The van der Waals surface area contributed by atoms with E-state index in [0.717, 1.165) is 5.56 Å². The van der Waals surface area contributed by atoms with E-state index in [4.69, 9.17) is 18.9 Å². The maximum Gasteiger partial charge on any atom is 0.289 e. The number of methoxy groups -OCH3 is 4. The number of amides is 1. The Morgan fingerprint density at radius 2 is 1.70 bits per heavy atom. The smallest absolute Gasteiger partial charge is 0.289 e. The second-order valence-electron chi connectivity index (χ2n) is 6.04. The van der Waals surface area contributed by atoms with Crippen LogP contribution in [0.2, 0.25) is 0 Å². The fraction of sp³-hybridized carbons (Fsp3) is 0.190. The van der Waals surface area contributed by atoms with Gasteiger partial charge in [-0.25, -0.2) is 5.43 Å². The number of aromatic amines is 1. The van der Waals surface area contributed by atoms with Gasteiger partial charge in [0.25, 0.3) is 5.91 Å². The fourth-order valence-electron chi connectivity index (χ4n) is 2.73. The van der Waals surface area contributed by atoms with Gasteiger partial charge in [-0.05, 0) is 36.4 Å². The number of ether oxygens (including phenoxy) is 4. The lowest BCUT2D eigenvalue weighted by atomic mass is 10.1. The number of carbonyl (C=O) groups is 1. The highest BCUT2D eigenvalue weighted by molar-refractivity contribution is 5.94. The van der Waals surface area contributed by atoms with Crippen molar-refractivity contribution in [3.8, 4) is 34.3 Å². The van der Waals surface area contributed by atoms with Gasteiger partial charge < -0.3 is 18.9 Å². The van der Waals surface area contributed by atoms with Gasteiger partial charge in [-0.3, -0.25) is 9.89 Å². The second-order valence-corrected chi connectivity index (χ2v) is 6.04. The fourth-order valence-corrected chi connectivity index (χ4v) is 2.73. The van der Waals surface area contributed by atoms with Crippen LogP contribution in [-0.2, 0) is 0 Å². The monoisotopic (exact) mass is 410 g/mol. The third-order valence-corrected chi connectivity index (χ3v) is 4.31. The van der Waals surface area contributed by atoms with Gasteiger partial charge in [0.15, 0.2) is 11.5 Å². The number of aromatic nitrogens is 2. The molecule has 0 radical (unpaired) electrons. The molecule has 0 aliphatic rings. The molecule has 2 N–H and O–H groups in total. The molecule has 30 heavy (non-hydrogen) atoms. The maximum atomic E-state index is 12.4. The van der Waals surface area contributed by atoms with E-state index in [9.17, 15) is 4.79 Å². The molecule has 0 unspecified atom stereocenters. The zero-order chi connectivity index (χ0) is 21.5. The number of carbonyl (C=O) groups excluding carboxylic acids is 1. The molecule has 156 valence electrons. The van der Waals surface area contributed by atoms with Crippen LogP contribution < -0.4 is 24.4 Å². The highest BCUT2D eigenvalue weighted by Gasteiger charge is 2.13. The molecule has 0 spiro atoms. The SMILES string of the molecule is COc1ccc(/C=N/NC(=O)c2cc(-c3ccc(OC)c(OC)c3)n[nH]2)c(OC)c1. The summed E-state index contributed by atoms with van der Waals surface area (Å²) >= 11 is 0. The minimum absolute atomic E-state index is 0.263. The predicted octanol–water partition coefficient (Wildman–Crippen LogP) is 2.88. The second kappa shape index (κ2) is 9.46. The number of nitrogens with zero attached hydrogens (tertiary/aromatic N) is 2. The maximum absolute atomic E-state index is 12.4. The van der Waals surface area contributed by atoms with E-state index in [0.29, 0.717) is 34.3 Å². The first kappa shape index (κ1) is 20.7. The average Bonchev–Trinajstić information content (AvgIpc) is 3.29. The summed E-state index contributed by atoms with van der Waals surface area (Å²) in [5.41, 5.74) is 4.77. The first-order chi connectivity index (χ1) is 14.6. The Morgan fingerprint density at radius 3 is 2.40 bits per heavy atom. The normalized spacial score (nSPS) is 10.7. The molecule has 0 atom stereocenters. The van der Waals surface area contributed by atoms with Gasteiger partial charge in [-0.15, -0.1) is 0 Å². The predicted molar refractivity (Wildman–Crippen MR) is 112 cm³/mol. The highest BCUT2D eigenvalue weighted by atomic mass is 16.5. The van der Waals surface area contributed by atoms with Crippen LogP contribution in [0.3, 0.4) is 0 Å². The first-order valence-electron chi connectivity index (χ1n) is 8.92. The lowest BCUT2D eigenvalue weighted by Crippen LogP contribution is -2.18. The quantitative estimate of drug-likeness (QED) is 0.437. The van der Waals surface area contributed by atoms with Gasteiger partial charge in [0.1, 0.15) is 17.2 Å². The van der Waals surface area contributed by atoms with Gasteiger partial charge >= 0.3 is 0 Å². The van der Waals surface area contributed by atoms with Crippen molar-refractivity contribution in [2.24, 2.45) is 5.10 Å². The molecule has 1 amide bonds. The molecule has 0 aliphatic carbocycles. The van der Waals surface area contributed by atoms with E-state index in [1.54, 1.807) is 64.8 Å². The van der Waals surface area contributed by atoms with E-state index in [2.05, 4.69) is 20.7 Å². The number of hydrogen-bond donors (Lipinski definition) is 2. The van der Waals surface area contributed by atoms with Gasteiger partial charge in [-0.1, -0.05) is 0 Å². The van der Waals surface area contributed by atoms with Crippen molar-refractivity contribution in [2.45, 2.75) is 0 Å². The van der Waals surface area contributed by atoms with Crippen LogP contribution in [0.1, 0.15) is 16.1 Å². The molecule has 0 bridgehead atoms. The van der Waals surface area contributed by atoms with Crippen LogP contribution in [-0.4, -0.2) is 50.8 Å². The Hall–Kier alpha value is -4.01. The standard InChI is InChI=1S/C21H22N4O5/c1-27-15-7-5-14(19(10-15)29-3)12-22-25-21(26)17-11-16(23-24-17)13-6-8-18(28-2)20(9-13)30-4/h5-12H,1-4H3,(H,23,24)(H,25,26)/b22-12+. The topological polar surface area (TPSA) is 107 Å². The summed E-state index contributed by atoms with van der Waals surface area (Å²) < 4.78 is 21.0. The van der Waals surface area contributed by atoms with Crippen LogP contribution in [0.15, 0.2) is 47.6 Å². The van der Waals surface area contributed by atoms with Crippen molar-refractivity contribution in [1.29, 1.82) is 0 Å². The third-order valence-electron chi connectivity index (χ3n) is 4.31. The molecule has 0 aliphatic heterocycles. The third kappa shape index (κ3) is 4.52. The van der Waals surface area contributed by atoms with E-state index < -0.39 is 5.91 Å². The van der Waals surface area contributed by atoms with E-state index in [1.807, 2.05) is 6.07 Å². The summed E-state index contributed by atoms with van der Waals surface area (Å²) in [5.74, 6) is 1.98. The zero-order valence-corrected chi connectivity index (χ0v) is 17.1. The van der Waals surface area contributed by atoms with Crippen molar-refractivity contribution in [1.82, 2.24) is 15.6 Å². The van der Waals surface area contributed by atoms with E-state index in [1.165, 1.54) is 6.21 Å². The van der Waals surface area contributed by atoms with Gasteiger partial charge in [0.2, 0.25) is 0 Å². The van der Waals surface area contributed by atoms with Gasteiger partial charge in [0, 0.05) is 17.2 Å². The molecule has 1 heterocycles. The summed E-state index contributed by atoms with van der Waals surface area (Å²) in [4.78, 5) is 12.4. The molecule has 3 aromatic rings. The minimum atomic E-state index is -0.432. The van der Waals surface area contributed by atoms with Crippen LogP contribution in [0, 0.1) is 0 Å². The molecule has 0 saturated carbocycles. The largest absolute Gasteiger partial charge is 0.497 e. The summed E-state index contributed by atoms with van der Waals surface area (Å²) in [6, 6.07) is 12.3. The summed E-state index contributed by atoms with van der Waals surface area (Å²) in [7, 11) is 6.24. The number of benzene rings is 2. The van der Waals surface area contributed by atoms with Crippen LogP contribution in [0.5, 0.6) is 23.0 Å². The summed E-state index contributed by atoms with van der Waals surface area (Å²) in [6.07, 6.45) is 1.49. The molecular weight excluding hydrogens is 388 g/mol. The van der Waals surface area contributed by atoms with E-state index >= 15 is 0 Å². The molecule has 0 saturated heterocycles. The number of rotatable bonds is 8. The van der Waals surface area contributed by atoms with Crippen molar-refractivity contribution >= 4 is 12.1 Å². The lowest BCUT2D eigenvalue weighted by molar-refractivity contribution is 0.0950. The molecule has 3 rings (SSSR count). The minimum Gasteiger partial charge on any atom is -0.497 e. The van der Waals surface area contributed by atoms with Crippen molar-refractivity contribution in [3.63, 3.8) is 0 Å². The summed E-state index contributed by atoms with van der Waals surface area (Å²) in [6.45, 7) is 0.